The second-order valence-corrected chi connectivity index (χ2v) is 5.58. The lowest BCUT2D eigenvalue weighted by Gasteiger charge is -2.23. The number of urea groups is 1. The SMILES string of the molecule is O=C(Nc1ccc(OS(=O)(=O)F)cc1)NC1CCNCC1. The molecule has 0 radical (unpaired) electrons. The van der Waals surface area contributed by atoms with Crippen molar-refractivity contribution in [2.24, 2.45) is 0 Å². The molecule has 1 aliphatic heterocycles. The monoisotopic (exact) mass is 317 g/mol. The number of rotatable bonds is 4. The zero-order valence-electron chi connectivity index (χ0n) is 11.1. The Morgan fingerprint density at radius 2 is 1.86 bits per heavy atom. The largest absolute Gasteiger partial charge is 0.488 e. The van der Waals surface area contributed by atoms with E-state index in [0.717, 1.165) is 25.9 Å². The molecule has 0 unspecified atom stereocenters. The Kier molecular flexibility index (Phi) is 4.97. The number of carbonyl (C=O) groups excluding carboxylic acids is 1. The van der Waals surface area contributed by atoms with Gasteiger partial charge in [-0.15, -0.1) is 0 Å². The molecule has 0 atom stereocenters. The highest BCUT2D eigenvalue weighted by Crippen LogP contribution is 2.17. The second kappa shape index (κ2) is 6.72. The molecule has 1 fully saturated rings. The fraction of sp³-hybridized carbons (Fsp3) is 0.417. The van der Waals surface area contributed by atoms with Crippen LogP contribution in [0, 0.1) is 0 Å². The molecule has 0 aliphatic carbocycles. The first-order valence-electron chi connectivity index (χ1n) is 6.45. The third-order valence-electron chi connectivity index (χ3n) is 2.98. The molecule has 3 N–H and O–H groups in total. The molecule has 1 heterocycles. The van der Waals surface area contributed by atoms with Crippen LogP contribution >= 0.6 is 0 Å². The highest BCUT2D eigenvalue weighted by atomic mass is 32.3. The summed E-state index contributed by atoms with van der Waals surface area (Å²) in [5, 5.41) is 8.65. The Morgan fingerprint density at radius 1 is 1.24 bits per heavy atom. The van der Waals surface area contributed by atoms with Crippen molar-refractivity contribution in [1.82, 2.24) is 10.6 Å². The molecule has 1 saturated heterocycles. The molecule has 2 amide bonds. The Labute approximate surface area is 122 Å². The van der Waals surface area contributed by atoms with Crippen molar-refractivity contribution in [2.45, 2.75) is 18.9 Å². The Balaban J connectivity index is 1.86. The van der Waals surface area contributed by atoms with Gasteiger partial charge in [0.2, 0.25) is 0 Å². The summed E-state index contributed by atoms with van der Waals surface area (Å²) >= 11 is 0. The lowest BCUT2D eigenvalue weighted by molar-refractivity contribution is 0.245. The zero-order chi connectivity index (χ0) is 15.3. The van der Waals surface area contributed by atoms with Gasteiger partial charge in [0, 0.05) is 11.7 Å². The van der Waals surface area contributed by atoms with Crippen molar-refractivity contribution in [3.05, 3.63) is 24.3 Å². The molecule has 2 rings (SSSR count). The number of carbonyl (C=O) groups is 1. The Hall–Kier alpha value is -1.87. The zero-order valence-corrected chi connectivity index (χ0v) is 12.0. The number of amides is 2. The standard InChI is InChI=1S/C12H16FN3O4S/c13-21(18,19)20-11-3-1-9(2-4-11)15-12(17)16-10-5-7-14-8-6-10/h1-4,10,14H,5-8H2,(H2,15,16,17). The van der Waals surface area contributed by atoms with Crippen molar-refractivity contribution in [3.8, 4) is 5.75 Å². The third-order valence-corrected chi connectivity index (χ3v) is 3.37. The van der Waals surface area contributed by atoms with Crippen molar-refractivity contribution < 1.29 is 21.3 Å². The maximum absolute atomic E-state index is 12.3. The maximum atomic E-state index is 12.3. The van der Waals surface area contributed by atoms with Crippen molar-refractivity contribution >= 4 is 22.2 Å². The van der Waals surface area contributed by atoms with E-state index in [1.54, 1.807) is 0 Å². The number of nitrogens with one attached hydrogen (secondary N) is 3. The molecule has 1 aromatic rings. The number of piperidine rings is 1. The fourth-order valence-electron chi connectivity index (χ4n) is 2.03. The van der Waals surface area contributed by atoms with E-state index in [0.29, 0.717) is 5.69 Å². The average molecular weight is 317 g/mol. The van der Waals surface area contributed by atoms with Crippen LogP contribution in [0.1, 0.15) is 12.8 Å². The molecule has 0 aromatic heterocycles. The van der Waals surface area contributed by atoms with E-state index in [9.17, 15) is 17.1 Å². The predicted molar refractivity (Wildman–Crippen MR) is 75.1 cm³/mol. The molecule has 116 valence electrons. The van der Waals surface area contributed by atoms with Gasteiger partial charge >= 0.3 is 16.5 Å². The second-order valence-electron chi connectivity index (χ2n) is 4.62. The molecule has 9 heteroatoms. The van der Waals surface area contributed by atoms with Gasteiger partial charge in [0.25, 0.3) is 0 Å². The van der Waals surface area contributed by atoms with Crippen LogP contribution < -0.4 is 20.1 Å². The van der Waals surface area contributed by atoms with Gasteiger partial charge in [0.05, 0.1) is 0 Å². The summed E-state index contributed by atoms with van der Waals surface area (Å²) in [6.07, 6.45) is 1.74. The lowest BCUT2D eigenvalue weighted by atomic mass is 10.1. The highest BCUT2D eigenvalue weighted by molar-refractivity contribution is 7.81. The first kappa shape index (κ1) is 15.5. The van der Waals surface area contributed by atoms with Gasteiger partial charge in [0.1, 0.15) is 5.75 Å². The number of anilines is 1. The van der Waals surface area contributed by atoms with Crippen LogP contribution in [0.3, 0.4) is 0 Å². The van der Waals surface area contributed by atoms with Crippen LogP contribution in [0.5, 0.6) is 5.75 Å². The topological polar surface area (TPSA) is 96.5 Å². The highest BCUT2D eigenvalue weighted by Gasteiger charge is 2.15. The first-order chi connectivity index (χ1) is 9.92. The molecular weight excluding hydrogens is 301 g/mol. The summed E-state index contributed by atoms with van der Waals surface area (Å²) in [6, 6.07) is 5.12. The van der Waals surface area contributed by atoms with E-state index in [1.807, 2.05) is 0 Å². The van der Waals surface area contributed by atoms with E-state index < -0.39 is 10.5 Å². The summed E-state index contributed by atoms with van der Waals surface area (Å²) in [4.78, 5) is 11.8. The summed E-state index contributed by atoms with van der Waals surface area (Å²) < 4.78 is 37.0. The van der Waals surface area contributed by atoms with Crippen LogP contribution in [0.15, 0.2) is 24.3 Å². The molecule has 1 aromatic carbocycles. The van der Waals surface area contributed by atoms with Crippen molar-refractivity contribution in [2.75, 3.05) is 18.4 Å². The molecule has 7 nitrogen and oxygen atoms in total. The third kappa shape index (κ3) is 5.56. The number of benzene rings is 1. The number of hydrogen-bond acceptors (Lipinski definition) is 5. The predicted octanol–water partition coefficient (Wildman–Crippen LogP) is 1.15. The minimum absolute atomic E-state index is 0.130. The molecule has 0 saturated carbocycles. The minimum Gasteiger partial charge on any atom is -0.358 e. The minimum atomic E-state index is -5.04. The van der Waals surface area contributed by atoms with E-state index in [-0.39, 0.29) is 17.8 Å². The van der Waals surface area contributed by atoms with Gasteiger partial charge in [0.15, 0.2) is 0 Å². The van der Waals surface area contributed by atoms with Gasteiger partial charge in [-0.2, -0.15) is 8.42 Å². The Bertz CT molecular complexity index is 585. The fourth-order valence-corrected chi connectivity index (χ4v) is 2.37. The van der Waals surface area contributed by atoms with E-state index in [4.69, 9.17) is 0 Å². The van der Waals surface area contributed by atoms with E-state index in [2.05, 4.69) is 20.1 Å². The van der Waals surface area contributed by atoms with Crippen LogP contribution in [0.2, 0.25) is 0 Å². The summed E-state index contributed by atoms with van der Waals surface area (Å²) in [7, 11) is -5.04. The van der Waals surface area contributed by atoms with Gasteiger partial charge in [-0.3, -0.25) is 0 Å². The van der Waals surface area contributed by atoms with Crippen LogP contribution in [0.4, 0.5) is 14.4 Å². The summed E-state index contributed by atoms with van der Waals surface area (Å²) in [5.74, 6) is -0.165. The number of hydrogen-bond donors (Lipinski definition) is 3. The molecule has 0 bridgehead atoms. The van der Waals surface area contributed by atoms with E-state index in [1.165, 1.54) is 24.3 Å². The van der Waals surface area contributed by atoms with E-state index >= 15 is 0 Å². The maximum Gasteiger partial charge on any atom is 0.488 e. The molecule has 21 heavy (non-hydrogen) atoms. The molecule has 0 spiro atoms. The number of halogens is 1. The van der Waals surface area contributed by atoms with Crippen molar-refractivity contribution in [1.29, 1.82) is 0 Å². The van der Waals surface area contributed by atoms with Crippen LogP contribution in [-0.4, -0.2) is 33.6 Å². The summed E-state index contributed by atoms with van der Waals surface area (Å²) in [6.45, 7) is 1.74. The normalized spacial score (nSPS) is 16.2. The Morgan fingerprint density at radius 3 is 2.43 bits per heavy atom. The van der Waals surface area contributed by atoms with Crippen LogP contribution in [-0.2, 0) is 10.5 Å². The van der Waals surface area contributed by atoms with Crippen molar-refractivity contribution in [3.63, 3.8) is 0 Å². The van der Waals surface area contributed by atoms with Gasteiger partial charge in [-0.25, -0.2) is 4.79 Å². The lowest BCUT2D eigenvalue weighted by Crippen LogP contribution is -2.44. The molecular formula is C12H16FN3O4S. The molecule has 1 aliphatic rings. The van der Waals surface area contributed by atoms with Crippen LogP contribution in [0.25, 0.3) is 0 Å². The van der Waals surface area contributed by atoms with Gasteiger partial charge in [-0.05, 0) is 50.2 Å². The summed E-state index contributed by atoms with van der Waals surface area (Å²) in [5.41, 5.74) is 0.449. The average Bonchev–Trinajstić information content (AvgIpc) is 2.40. The van der Waals surface area contributed by atoms with Gasteiger partial charge < -0.3 is 20.1 Å². The first-order valence-corrected chi connectivity index (χ1v) is 7.75. The van der Waals surface area contributed by atoms with Gasteiger partial charge in [-0.1, -0.05) is 3.89 Å². The smallest absolute Gasteiger partial charge is 0.358 e. The quantitative estimate of drug-likeness (QED) is 0.724.